The molecule has 1 atom stereocenters. The number of aryl methyl sites for hydroxylation is 1. The molecule has 0 spiro atoms. The van der Waals surface area contributed by atoms with Crippen LogP contribution in [-0.4, -0.2) is 6.54 Å². The zero-order valence-electron chi connectivity index (χ0n) is 10.3. The summed E-state index contributed by atoms with van der Waals surface area (Å²) in [6.07, 6.45) is 0. The van der Waals surface area contributed by atoms with Gasteiger partial charge in [-0.3, -0.25) is 0 Å². The van der Waals surface area contributed by atoms with E-state index in [1.165, 1.54) is 11.6 Å². The largest absolute Gasteiger partial charge is 0.306 e. The Kier molecular flexibility index (Phi) is 4.54. The zero-order chi connectivity index (χ0) is 13.1. The Balaban J connectivity index is 2.48. The lowest BCUT2D eigenvalue weighted by atomic mass is 9.98. The summed E-state index contributed by atoms with van der Waals surface area (Å²) in [5, 5.41) is 7.54. The summed E-state index contributed by atoms with van der Waals surface area (Å²) in [7, 11) is 0. The van der Waals surface area contributed by atoms with E-state index in [2.05, 4.69) is 38.9 Å². The molecule has 0 saturated heterocycles. The van der Waals surface area contributed by atoms with Crippen molar-refractivity contribution in [2.75, 3.05) is 6.54 Å². The summed E-state index contributed by atoms with van der Waals surface area (Å²) < 4.78 is 14.9. The highest BCUT2D eigenvalue weighted by Crippen LogP contribution is 2.30. The van der Waals surface area contributed by atoms with Crippen molar-refractivity contribution in [2.45, 2.75) is 19.9 Å². The van der Waals surface area contributed by atoms with Crippen LogP contribution in [0.5, 0.6) is 0 Å². The lowest BCUT2D eigenvalue weighted by molar-refractivity contribution is 0.558. The fourth-order valence-electron chi connectivity index (χ4n) is 1.99. The number of hydrogen-bond donors (Lipinski definition) is 1. The van der Waals surface area contributed by atoms with Gasteiger partial charge in [-0.1, -0.05) is 22.9 Å². The van der Waals surface area contributed by atoms with E-state index < -0.39 is 0 Å². The highest BCUT2D eigenvalue weighted by atomic mass is 79.9. The smallest absolute Gasteiger partial charge is 0.128 e. The summed E-state index contributed by atoms with van der Waals surface area (Å²) in [6, 6.07) is 4.99. The lowest BCUT2D eigenvalue weighted by Crippen LogP contribution is -2.23. The molecule has 0 aliphatic heterocycles. The van der Waals surface area contributed by atoms with Crippen LogP contribution in [0.4, 0.5) is 4.39 Å². The summed E-state index contributed by atoms with van der Waals surface area (Å²) in [5.74, 6) is -0.172. The van der Waals surface area contributed by atoms with Crippen LogP contribution in [0, 0.1) is 12.7 Å². The van der Waals surface area contributed by atoms with Crippen LogP contribution in [0.15, 0.2) is 33.4 Å². The average molecular weight is 328 g/mol. The van der Waals surface area contributed by atoms with Gasteiger partial charge in [0.25, 0.3) is 0 Å². The van der Waals surface area contributed by atoms with E-state index in [1.807, 2.05) is 13.0 Å². The van der Waals surface area contributed by atoms with E-state index in [-0.39, 0.29) is 11.9 Å². The third-order valence-electron chi connectivity index (χ3n) is 2.88. The maximum Gasteiger partial charge on any atom is 0.128 e. The first-order valence-electron chi connectivity index (χ1n) is 5.84. The van der Waals surface area contributed by atoms with Gasteiger partial charge >= 0.3 is 0 Å². The first kappa shape index (κ1) is 13.7. The minimum absolute atomic E-state index is 0.0845. The van der Waals surface area contributed by atoms with E-state index in [0.29, 0.717) is 5.56 Å². The molecule has 1 aromatic carbocycles. The third kappa shape index (κ3) is 2.82. The predicted molar refractivity (Wildman–Crippen MR) is 78.7 cm³/mol. The van der Waals surface area contributed by atoms with Crippen molar-refractivity contribution in [3.8, 4) is 0 Å². The fraction of sp³-hybridized carbons (Fsp3) is 0.286. The van der Waals surface area contributed by atoms with Crippen molar-refractivity contribution < 1.29 is 4.39 Å². The van der Waals surface area contributed by atoms with E-state index in [9.17, 15) is 4.39 Å². The second-order valence-electron chi connectivity index (χ2n) is 4.17. The predicted octanol–water partition coefficient (Wildman–Crippen LogP) is 4.66. The van der Waals surface area contributed by atoms with Crippen LogP contribution >= 0.6 is 27.3 Å². The molecule has 96 valence electrons. The van der Waals surface area contributed by atoms with E-state index in [4.69, 9.17) is 0 Å². The van der Waals surface area contributed by atoms with Crippen LogP contribution < -0.4 is 5.32 Å². The summed E-state index contributed by atoms with van der Waals surface area (Å²) >= 11 is 5.06. The number of benzene rings is 1. The molecule has 0 aliphatic rings. The van der Waals surface area contributed by atoms with Gasteiger partial charge in [-0.2, -0.15) is 11.3 Å². The van der Waals surface area contributed by atoms with Crippen LogP contribution in [0.2, 0.25) is 0 Å². The van der Waals surface area contributed by atoms with Crippen molar-refractivity contribution >= 4 is 27.3 Å². The zero-order valence-corrected chi connectivity index (χ0v) is 12.7. The molecule has 1 aromatic heterocycles. The van der Waals surface area contributed by atoms with Gasteiger partial charge in [0.1, 0.15) is 5.82 Å². The van der Waals surface area contributed by atoms with E-state index >= 15 is 0 Å². The van der Waals surface area contributed by atoms with Crippen molar-refractivity contribution in [3.63, 3.8) is 0 Å². The molecule has 0 fully saturated rings. The van der Waals surface area contributed by atoms with Crippen LogP contribution in [0.1, 0.15) is 29.7 Å². The minimum Gasteiger partial charge on any atom is -0.306 e. The maximum absolute atomic E-state index is 14.0. The fourth-order valence-corrected chi connectivity index (χ4v) is 3.25. The topological polar surface area (TPSA) is 12.0 Å². The molecule has 0 saturated carbocycles. The number of halogens is 2. The van der Waals surface area contributed by atoms with Gasteiger partial charge in [-0.25, -0.2) is 4.39 Å². The Bertz CT molecular complexity index is 538. The van der Waals surface area contributed by atoms with Crippen molar-refractivity contribution in [1.29, 1.82) is 0 Å². The second-order valence-corrected chi connectivity index (χ2v) is 5.83. The second kappa shape index (κ2) is 5.95. The molecule has 0 amide bonds. The Labute approximate surface area is 119 Å². The Hall–Kier alpha value is -0.710. The van der Waals surface area contributed by atoms with Crippen LogP contribution in [0.3, 0.4) is 0 Å². The van der Waals surface area contributed by atoms with Gasteiger partial charge in [0, 0.05) is 10.0 Å². The molecule has 0 bridgehead atoms. The molecule has 4 heteroatoms. The first-order chi connectivity index (χ1) is 8.63. The molecular weight excluding hydrogens is 313 g/mol. The SMILES string of the molecule is CCNC(c1cscc1C)c1cc(Br)ccc1F. The standard InChI is InChI=1S/C14H15BrFNS/c1-3-17-14(12-8-18-7-9(12)2)11-6-10(15)4-5-13(11)16/h4-8,14,17H,3H2,1-2H3. The molecule has 2 rings (SSSR count). The molecule has 2 aromatic rings. The minimum atomic E-state index is -0.172. The van der Waals surface area contributed by atoms with E-state index in [0.717, 1.165) is 16.6 Å². The Morgan fingerprint density at radius 3 is 2.72 bits per heavy atom. The van der Waals surface area contributed by atoms with Gasteiger partial charge in [-0.05, 0) is 53.6 Å². The average Bonchev–Trinajstić information content (AvgIpc) is 2.76. The number of thiophene rings is 1. The summed E-state index contributed by atoms with van der Waals surface area (Å²) in [5.41, 5.74) is 3.04. The number of rotatable bonds is 4. The van der Waals surface area contributed by atoms with Gasteiger partial charge in [0.2, 0.25) is 0 Å². The molecular formula is C14H15BrFNS. The van der Waals surface area contributed by atoms with Gasteiger partial charge in [0.15, 0.2) is 0 Å². The normalized spacial score (nSPS) is 12.7. The summed E-state index contributed by atoms with van der Waals surface area (Å²) in [4.78, 5) is 0. The quantitative estimate of drug-likeness (QED) is 0.861. The first-order valence-corrected chi connectivity index (χ1v) is 7.58. The number of hydrogen-bond acceptors (Lipinski definition) is 2. The van der Waals surface area contributed by atoms with Crippen molar-refractivity contribution in [1.82, 2.24) is 5.32 Å². The highest BCUT2D eigenvalue weighted by Gasteiger charge is 2.19. The van der Waals surface area contributed by atoms with Crippen LogP contribution in [0.25, 0.3) is 0 Å². The monoisotopic (exact) mass is 327 g/mol. The Morgan fingerprint density at radius 2 is 2.11 bits per heavy atom. The molecule has 18 heavy (non-hydrogen) atoms. The molecule has 0 aliphatic carbocycles. The van der Waals surface area contributed by atoms with Crippen molar-refractivity contribution in [3.05, 3.63) is 55.9 Å². The molecule has 1 nitrogen and oxygen atoms in total. The molecule has 1 N–H and O–H groups in total. The Morgan fingerprint density at radius 1 is 1.33 bits per heavy atom. The lowest BCUT2D eigenvalue weighted by Gasteiger charge is -2.19. The van der Waals surface area contributed by atoms with Gasteiger partial charge in [-0.15, -0.1) is 0 Å². The number of nitrogens with one attached hydrogen (secondary N) is 1. The van der Waals surface area contributed by atoms with Crippen molar-refractivity contribution in [2.24, 2.45) is 0 Å². The van der Waals surface area contributed by atoms with Crippen LogP contribution in [-0.2, 0) is 0 Å². The summed E-state index contributed by atoms with van der Waals surface area (Å²) in [6.45, 7) is 4.89. The van der Waals surface area contributed by atoms with Gasteiger partial charge in [0.05, 0.1) is 6.04 Å². The maximum atomic E-state index is 14.0. The molecule has 0 radical (unpaired) electrons. The molecule has 1 unspecified atom stereocenters. The third-order valence-corrected chi connectivity index (χ3v) is 4.26. The van der Waals surface area contributed by atoms with Gasteiger partial charge < -0.3 is 5.32 Å². The molecule has 1 heterocycles. The highest BCUT2D eigenvalue weighted by molar-refractivity contribution is 9.10. The van der Waals surface area contributed by atoms with E-state index in [1.54, 1.807) is 17.4 Å².